The van der Waals surface area contributed by atoms with Gasteiger partial charge < -0.3 is 9.26 Å². The van der Waals surface area contributed by atoms with E-state index in [0.29, 0.717) is 5.92 Å². The van der Waals surface area contributed by atoms with E-state index in [-0.39, 0.29) is 0 Å². The topological polar surface area (TPSA) is 48.2 Å². The number of aromatic nitrogens is 2. The number of hydrogen-bond acceptors (Lipinski definition) is 4. The van der Waals surface area contributed by atoms with Crippen molar-refractivity contribution in [2.45, 2.75) is 44.4 Å². The zero-order chi connectivity index (χ0) is 11.9. The Morgan fingerprint density at radius 2 is 2.17 bits per heavy atom. The number of nitrogens with zero attached hydrogens (tertiary/aromatic N) is 2. The van der Waals surface area contributed by atoms with Gasteiger partial charge in [-0.15, -0.1) is 0 Å². The fraction of sp³-hybridized carbons (Fsp3) is 0.857. The average molecular weight is 248 g/mol. The summed E-state index contributed by atoms with van der Waals surface area (Å²) in [7, 11) is 0. The highest BCUT2D eigenvalue weighted by molar-refractivity contribution is 5.00. The summed E-state index contributed by atoms with van der Waals surface area (Å²) in [4.78, 5) is 4.58. The molecule has 2 aliphatic carbocycles. The summed E-state index contributed by atoms with van der Waals surface area (Å²) in [6.07, 6.45) is 7.74. The maximum Gasteiger partial charge on any atom is 0.226 e. The summed E-state index contributed by atoms with van der Waals surface area (Å²) in [6, 6.07) is 0. The van der Waals surface area contributed by atoms with Crippen LogP contribution in [0.5, 0.6) is 0 Å². The first-order valence-corrected chi connectivity index (χ1v) is 7.28. The third-order valence-corrected chi connectivity index (χ3v) is 5.10. The molecule has 0 aromatic carbocycles. The number of ether oxygens (including phenoxy) is 1. The zero-order valence-corrected chi connectivity index (χ0v) is 10.7. The van der Waals surface area contributed by atoms with E-state index in [0.717, 1.165) is 55.5 Å². The fourth-order valence-corrected chi connectivity index (χ4v) is 4.11. The molecule has 3 fully saturated rings. The van der Waals surface area contributed by atoms with Gasteiger partial charge in [0.1, 0.15) is 0 Å². The Balaban J connectivity index is 1.42. The normalized spacial score (nSPS) is 38.7. The first-order valence-electron chi connectivity index (χ1n) is 7.28. The first-order chi connectivity index (χ1) is 8.88. The van der Waals surface area contributed by atoms with Crippen LogP contribution in [0, 0.1) is 17.8 Å². The lowest BCUT2D eigenvalue weighted by Crippen LogP contribution is -2.13. The van der Waals surface area contributed by atoms with Crippen LogP contribution in [-0.4, -0.2) is 23.4 Å². The molecule has 18 heavy (non-hydrogen) atoms. The molecule has 1 aromatic heterocycles. The van der Waals surface area contributed by atoms with E-state index < -0.39 is 0 Å². The van der Waals surface area contributed by atoms with Crippen LogP contribution in [0.3, 0.4) is 0 Å². The molecular weight excluding hydrogens is 228 g/mol. The largest absolute Gasteiger partial charge is 0.381 e. The van der Waals surface area contributed by atoms with Crippen LogP contribution in [0.4, 0.5) is 0 Å². The molecule has 4 nitrogen and oxygen atoms in total. The first kappa shape index (κ1) is 11.0. The van der Waals surface area contributed by atoms with Crippen molar-refractivity contribution in [2.75, 3.05) is 13.2 Å². The average Bonchev–Trinajstić information content (AvgIpc) is 3.14. The summed E-state index contributed by atoms with van der Waals surface area (Å²) in [6.45, 7) is 1.59. The standard InChI is InChI=1S/C14H20N2O2/c1-2-10-5-9(1)6-12(10)7-13-15-14(16-18-13)11-3-4-17-8-11/h9-12H,1-8H2. The minimum Gasteiger partial charge on any atom is -0.381 e. The van der Waals surface area contributed by atoms with Gasteiger partial charge in [0.05, 0.1) is 6.61 Å². The van der Waals surface area contributed by atoms with E-state index in [4.69, 9.17) is 9.26 Å². The van der Waals surface area contributed by atoms with Gasteiger partial charge >= 0.3 is 0 Å². The van der Waals surface area contributed by atoms with E-state index in [9.17, 15) is 0 Å². The van der Waals surface area contributed by atoms with Gasteiger partial charge in [-0.25, -0.2) is 0 Å². The van der Waals surface area contributed by atoms with Crippen molar-refractivity contribution in [3.8, 4) is 0 Å². The van der Waals surface area contributed by atoms with Crippen LogP contribution in [-0.2, 0) is 11.2 Å². The molecule has 2 saturated carbocycles. The van der Waals surface area contributed by atoms with Gasteiger partial charge in [-0.3, -0.25) is 0 Å². The van der Waals surface area contributed by atoms with Gasteiger partial charge in [0, 0.05) is 18.9 Å². The summed E-state index contributed by atoms with van der Waals surface area (Å²) in [5.41, 5.74) is 0. The molecule has 4 rings (SSSR count). The Hall–Kier alpha value is -0.900. The molecule has 2 heterocycles. The van der Waals surface area contributed by atoms with E-state index in [1.807, 2.05) is 0 Å². The third kappa shape index (κ3) is 1.87. The molecule has 1 aromatic rings. The molecule has 4 unspecified atom stereocenters. The Morgan fingerprint density at radius 3 is 2.89 bits per heavy atom. The lowest BCUT2D eigenvalue weighted by Gasteiger charge is -2.19. The molecule has 0 N–H and O–H groups in total. The van der Waals surface area contributed by atoms with Crippen molar-refractivity contribution in [2.24, 2.45) is 17.8 Å². The molecule has 0 spiro atoms. The SMILES string of the molecule is C1CC(c2noc(CC3CC4CCC3C4)n2)CO1. The second-order valence-electron chi connectivity index (χ2n) is 6.25. The molecular formula is C14H20N2O2. The van der Waals surface area contributed by atoms with Gasteiger partial charge in [0.25, 0.3) is 0 Å². The van der Waals surface area contributed by atoms with E-state index in [2.05, 4.69) is 10.1 Å². The molecule has 2 bridgehead atoms. The van der Waals surface area contributed by atoms with Gasteiger partial charge in [-0.2, -0.15) is 4.98 Å². The second-order valence-corrected chi connectivity index (χ2v) is 6.25. The van der Waals surface area contributed by atoms with Crippen molar-refractivity contribution in [1.82, 2.24) is 10.1 Å². The lowest BCUT2D eigenvalue weighted by molar-refractivity contribution is 0.192. The van der Waals surface area contributed by atoms with Gasteiger partial charge in [-0.05, 0) is 43.4 Å². The highest BCUT2D eigenvalue weighted by atomic mass is 16.5. The molecule has 4 atom stereocenters. The molecule has 0 amide bonds. The minimum absolute atomic E-state index is 0.363. The minimum atomic E-state index is 0.363. The summed E-state index contributed by atoms with van der Waals surface area (Å²) in [5, 5.41) is 4.14. The fourth-order valence-electron chi connectivity index (χ4n) is 4.11. The van der Waals surface area contributed by atoms with E-state index in [1.165, 1.54) is 25.7 Å². The second kappa shape index (κ2) is 4.34. The predicted octanol–water partition coefficient (Wildman–Crippen LogP) is 2.55. The molecule has 1 saturated heterocycles. The molecule has 1 aliphatic heterocycles. The maximum atomic E-state index is 5.43. The molecule has 98 valence electrons. The van der Waals surface area contributed by atoms with Crippen LogP contribution >= 0.6 is 0 Å². The van der Waals surface area contributed by atoms with Crippen LogP contribution in [0.2, 0.25) is 0 Å². The molecule has 0 radical (unpaired) electrons. The van der Waals surface area contributed by atoms with Gasteiger partial charge in [0.2, 0.25) is 5.89 Å². The van der Waals surface area contributed by atoms with E-state index in [1.54, 1.807) is 0 Å². The van der Waals surface area contributed by atoms with Gasteiger partial charge in [0.15, 0.2) is 5.82 Å². The Labute approximate surface area is 107 Å². The predicted molar refractivity (Wildman–Crippen MR) is 65.1 cm³/mol. The quantitative estimate of drug-likeness (QED) is 0.824. The Kier molecular flexibility index (Phi) is 2.64. The number of rotatable bonds is 3. The highest BCUT2D eigenvalue weighted by Gasteiger charge is 2.40. The summed E-state index contributed by atoms with van der Waals surface area (Å²) >= 11 is 0. The van der Waals surface area contributed by atoms with Crippen LogP contribution < -0.4 is 0 Å². The van der Waals surface area contributed by atoms with Crippen LogP contribution in [0.1, 0.15) is 49.7 Å². The summed E-state index contributed by atoms with van der Waals surface area (Å²) in [5.74, 6) is 4.81. The molecule has 3 aliphatic rings. The smallest absolute Gasteiger partial charge is 0.226 e. The van der Waals surface area contributed by atoms with Crippen molar-refractivity contribution in [1.29, 1.82) is 0 Å². The van der Waals surface area contributed by atoms with E-state index >= 15 is 0 Å². The maximum absolute atomic E-state index is 5.43. The Bertz CT molecular complexity index is 425. The lowest BCUT2D eigenvalue weighted by atomic mass is 9.86. The van der Waals surface area contributed by atoms with Crippen molar-refractivity contribution in [3.63, 3.8) is 0 Å². The zero-order valence-electron chi connectivity index (χ0n) is 10.7. The molecule has 4 heteroatoms. The monoisotopic (exact) mass is 248 g/mol. The third-order valence-electron chi connectivity index (χ3n) is 5.10. The van der Waals surface area contributed by atoms with Crippen LogP contribution in [0.25, 0.3) is 0 Å². The number of fused-ring (bicyclic) bond motifs is 2. The van der Waals surface area contributed by atoms with Gasteiger partial charge in [-0.1, -0.05) is 11.6 Å². The van der Waals surface area contributed by atoms with Crippen molar-refractivity contribution in [3.05, 3.63) is 11.7 Å². The Morgan fingerprint density at radius 1 is 1.17 bits per heavy atom. The van der Waals surface area contributed by atoms with Crippen molar-refractivity contribution >= 4 is 0 Å². The van der Waals surface area contributed by atoms with Crippen LogP contribution in [0.15, 0.2) is 4.52 Å². The van der Waals surface area contributed by atoms with Crippen molar-refractivity contribution < 1.29 is 9.26 Å². The summed E-state index contributed by atoms with van der Waals surface area (Å²) < 4.78 is 10.8. The number of hydrogen-bond donors (Lipinski definition) is 0. The highest BCUT2D eigenvalue weighted by Crippen LogP contribution is 2.49.